The Morgan fingerprint density at radius 2 is 2.27 bits per heavy atom. The Labute approximate surface area is 66.5 Å². The van der Waals surface area contributed by atoms with Crippen LogP contribution in [0.5, 0.6) is 0 Å². The first-order valence-corrected chi connectivity index (χ1v) is 3.32. The van der Waals surface area contributed by atoms with E-state index in [2.05, 4.69) is 18.3 Å². The van der Waals surface area contributed by atoms with Gasteiger partial charge < -0.3 is 0 Å². The number of hydrazone groups is 1. The van der Waals surface area contributed by atoms with Gasteiger partial charge in [0.25, 0.3) is 0 Å². The van der Waals surface area contributed by atoms with Crippen LogP contribution in [0.3, 0.4) is 0 Å². The molecule has 2 nitrogen and oxygen atoms in total. The fourth-order valence-corrected chi connectivity index (χ4v) is 0.702. The van der Waals surface area contributed by atoms with Crippen LogP contribution in [-0.4, -0.2) is 11.2 Å². The van der Waals surface area contributed by atoms with E-state index in [1.165, 1.54) is 0 Å². The lowest BCUT2D eigenvalue weighted by Crippen LogP contribution is -2.08. The highest BCUT2D eigenvalue weighted by molar-refractivity contribution is 5.69. The molecule has 0 amide bonds. The van der Waals surface area contributed by atoms with Gasteiger partial charge in [-0.2, -0.15) is 5.10 Å². The minimum Gasteiger partial charge on any atom is -0.242 e. The van der Waals surface area contributed by atoms with E-state index in [0.717, 1.165) is 5.70 Å². The van der Waals surface area contributed by atoms with Gasteiger partial charge in [0.2, 0.25) is 0 Å². The summed E-state index contributed by atoms with van der Waals surface area (Å²) in [5.74, 6) is 0. The molecule has 0 atom stereocenters. The molecule has 0 spiro atoms. The number of hydrogen-bond acceptors (Lipinski definition) is 2. The van der Waals surface area contributed by atoms with Gasteiger partial charge in [-0.3, -0.25) is 0 Å². The largest absolute Gasteiger partial charge is 0.242 e. The summed E-state index contributed by atoms with van der Waals surface area (Å²) < 4.78 is 0. The summed E-state index contributed by atoms with van der Waals surface area (Å²) in [6.07, 6.45) is 10.8. The molecule has 0 aromatic carbocycles. The van der Waals surface area contributed by atoms with E-state index in [1.807, 2.05) is 24.4 Å². The van der Waals surface area contributed by atoms with Gasteiger partial charge in [-0.05, 0) is 18.2 Å². The maximum Gasteiger partial charge on any atom is 0.0573 e. The number of hydrogen-bond donors (Lipinski definition) is 0. The van der Waals surface area contributed by atoms with Crippen molar-refractivity contribution in [3.8, 4) is 0 Å². The summed E-state index contributed by atoms with van der Waals surface area (Å²) in [5, 5.41) is 5.72. The van der Waals surface area contributed by atoms with Crippen molar-refractivity contribution in [2.75, 3.05) is 0 Å². The second-order valence-electron chi connectivity index (χ2n) is 2.04. The summed E-state index contributed by atoms with van der Waals surface area (Å²) in [4.78, 5) is 0. The topological polar surface area (TPSA) is 15.6 Å². The molecular formula is C9H10N2. The molecule has 0 aromatic heterocycles. The Bertz CT molecular complexity index is 246. The van der Waals surface area contributed by atoms with E-state index < -0.39 is 0 Å². The molecule has 0 bridgehead atoms. The average Bonchev–Trinajstić information content (AvgIpc) is 2.03. The van der Waals surface area contributed by atoms with Crippen LogP contribution in [0.15, 0.2) is 54.5 Å². The van der Waals surface area contributed by atoms with Gasteiger partial charge in [-0.25, -0.2) is 5.01 Å². The van der Waals surface area contributed by atoms with Crippen molar-refractivity contribution in [3.63, 3.8) is 0 Å². The first-order valence-electron chi connectivity index (χ1n) is 3.32. The molecule has 11 heavy (non-hydrogen) atoms. The summed E-state index contributed by atoms with van der Waals surface area (Å²) in [6.45, 7) is 7.31. The maximum atomic E-state index is 4.04. The lowest BCUT2D eigenvalue weighted by molar-refractivity contribution is 0.516. The van der Waals surface area contributed by atoms with E-state index in [0.29, 0.717) is 0 Å². The predicted molar refractivity (Wildman–Crippen MR) is 47.9 cm³/mol. The van der Waals surface area contributed by atoms with Gasteiger partial charge in [0.1, 0.15) is 0 Å². The van der Waals surface area contributed by atoms with Crippen LogP contribution in [0.2, 0.25) is 0 Å². The third-order valence-corrected chi connectivity index (χ3v) is 1.22. The molecule has 0 unspecified atom stereocenters. The van der Waals surface area contributed by atoms with Crippen LogP contribution in [0.25, 0.3) is 0 Å². The molecule has 0 saturated heterocycles. The second kappa shape index (κ2) is 3.56. The smallest absolute Gasteiger partial charge is 0.0573 e. The molecule has 1 heterocycles. The van der Waals surface area contributed by atoms with Crippen molar-refractivity contribution < 1.29 is 0 Å². The van der Waals surface area contributed by atoms with E-state index >= 15 is 0 Å². The molecule has 0 saturated carbocycles. The molecular weight excluding hydrogens is 136 g/mol. The van der Waals surface area contributed by atoms with Crippen LogP contribution in [0.4, 0.5) is 0 Å². The molecule has 1 rings (SSSR count). The second-order valence-corrected chi connectivity index (χ2v) is 2.04. The van der Waals surface area contributed by atoms with Crippen LogP contribution >= 0.6 is 0 Å². The van der Waals surface area contributed by atoms with E-state index in [9.17, 15) is 0 Å². The van der Waals surface area contributed by atoms with Gasteiger partial charge in [0, 0.05) is 12.4 Å². The third kappa shape index (κ3) is 1.93. The molecule has 0 fully saturated rings. The number of allylic oxidation sites excluding steroid dienone is 4. The number of rotatable bonds is 2. The first-order chi connectivity index (χ1) is 5.34. The zero-order chi connectivity index (χ0) is 8.10. The van der Waals surface area contributed by atoms with Crippen molar-refractivity contribution >= 4 is 6.21 Å². The zero-order valence-electron chi connectivity index (χ0n) is 6.27. The SMILES string of the molecule is C=C/C=N\N1C=CC=CC1=C. The van der Waals surface area contributed by atoms with Crippen molar-refractivity contribution in [1.29, 1.82) is 0 Å². The van der Waals surface area contributed by atoms with Crippen molar-refractivity contribution in [2.24, 2.45) is 5.10 Å². The van der Waals surface area contributed by atoms with Crippen LogP contribution in [0.1, 0.15) is 0 Å². The molecule has 56 valence electrons. The summed E-state index contributed by atoms with van der Waals surface area (Å²) >= 11 is 0. The Hall–Kier alpha value is -1.57. The Kier molecular flexibility index (Phi) is 2.44. The first kappa shape index (κ1) is 7.54. The zero-order valence-corrected chi connectivity index (χ0v) is 6.27. The van der Waals surface area contributed by atoms with Crippen LogP contribution in [0, 0.1) is 0 Å². The molecule has 0 N–H and O–H groups in total. The van der Waals surface area contributed by atoms with E-state index in [1.54, 1.807) is 17.3 Å². The van der Waals surface area contributed by atoms with Crippen LogP contribution in [-0.2, 0) is 0 Å². The van der Waals surface area contributed by atoms with Gasteiger partial charge in [0.05, 0.1) is 5.70 Å². The standard InChI is InChI=1S/C9H10N2/c1-3-7-10-11-8-5-4-6-9(11)2/h3-8H,1-2H2/b10-7-. The van der Waals surface area contributed by atoms with Crippen molar-refractivity contribution in [3.05, 3.63) is 49.4 Å². The molecule has 1 aliphatic rings. The fourth-order valence-electron chi connectivity index (χ4n) is 0.702. The molecule has 1 aliphatic heterocycles. The molecule has 0 aliphatic carbocycles. The molecule has 0 aromatic rings. The normalized spacial score (nSPS) is 16.4. The maximum absolute atomic E-state index is 4.04. The lowest BCUT2D eigenvalue weighted by atomic mass is 10.3. The summed E-state index contributed by atoms with van der Waals surface area (Å²) in [6, 6.07) is 0. The highest BCUT2D eigenvalue weighted by Crippen LogP contribution is 2.09. The van der Waals surface area contributed by atoms with Crippen molar-refractivity contribution in [1.82, 2.24) is 5.01 Å². The summed E-state index contributed by atoms with van der Waals surface area (Å²) in [7, 11) is 0. The molecule has 0 radical (unpaired) electrons. The Balaban J connectivity index is 2.66. The van der Waals surface area contributed by atoms with Gasteiger partial charge >= 0.3 is 0 Å². The third-order valence-electron chi connectivity index (χ3n) is 1.22. The fraction of sp³-hybridized carbons (Fsp3) is 0. The van der Waals surface area contributed by atoms with Crippen molar-refractivity contribution in [2.45, 2.75) is 0 Å². The minimum atomic E-state index is 0.852. The van der Waals surface area contributed by atoms with E-state index in [4.69, 9.17) is 0 Å². The van der Waals surface area contributed by atoms with Gasteiger partial charge in [-0.15, -0.1) is 0 Å². The quantitative estimate of drug-likeness (QED) is 0.544. The van der Waals surface area contributed by atoms with Gasteiger partial charge in [-0.1, -0.05) is 19.2 Å². The number of nitrogens with zero attached hydrogens (tertiary/aromatic N) is 2. The highest BCUT2D eigenvalue weighted by atomic mass is 15.4. The van der Waals surface area contributed by atoms with Gasteiger partial charge in [0.15, 0.2) is 0 Å². The highest BCUT2D eigenvalue weighted by Gasteiger charge is 1.98. The lowest BCUT2D eigenvalue weighted by Gasteiger charge is -2.15. The Morgan fingerprint density at radius 3 is 2.91 bits per heavy atom. The Morgan fingerprint density at radius 1 is 1.45 bits per heavy atom. The average molecular weight is 146 g/mol. The minimum absolute atomic E-state index is 0.852. The van der Waals surface area contributed by atoms with Crippen LogP contribution < -0.4 is 0 Å². The summed E-state index contributed by atoms with van der Waals surface area (Å²) in [5.41, 5.74) is 0.852. The monoisotopic (exact) mass is 146 g/mol. The predicted octanol–water partition coefficient (Wildman–Crippen LogP) is 2.06. The molecule has 2 heteroatoms. The van der Waals surface area contributed by atoms with E-state index in [-0.39, 0.29) is 0 Å².